The van der Waals surface area contributed by atoms with Crippen molar-refractivity contribution in [2.24, 2.45) is 11.8 Å². The number of fused-ring (bicyclic) bond motifs is 1. The fourth-order valence-electron chi connectivity index (χ4n) is 6.48. The van der Waals surface area contributed by atoms with Gasteiger partial charge in [0.05, 0.1) is 30.4 Å². The van der Waals surface area contributed by atoms with E-state index in [0.717, 1.165) is 38.3 Å². The summed E-state index contributed by atoms with van der Waals surface area (Å²) in [7, 11) is 2.17. The minimum absolute atomic E-state index is 0.000725. The second-order valence-electron chi connectivity index (χ2n) is 13.3. The predicted molar refractivity (Wildman–Crippen MR) is 180 cm³/mol. The van der Waals surface area contributed by atoms with E-state index in [1.807, 2.05) is 13.8 Å². The zero-order chi connectivity index (χ0) is 33.1. The maximum atomic E-state index is 14.3. The summed E-state index contributed by atoms with van der Waals surface area (Å²) >= 11 is 0. The number of aliphatic hydroxyl groups is 1. The molecule has 254 valence electrons. The van der Waals surface area contributed by atoms with E-state index < -0.39 is 17.9 Å². The summed E-state index contributed by atoms with van der Waals surface area (Å²) in [5.74, 6) is 0.469. The number of likely N-dealkylation sites (N-methyl/N-ethyl adjacent to an activating group) is 1. The minimum Gasteiger partial charge on any atom is -0.490 e. The van der Waals surface area contributed by atoms with Crippen molar-refractivity contribution < 1.29 is 28.6 Å². The number of urea groups is 1. The minimum atomic E-state index is -0.527. The number of amides is 3. The molecule has 1 saturated carbocycles. The molecule has 2 aliphatic rings. The molecular formula is C36H53FN4O5. The third-order valence-corrected chi connectivity index (χ3v) is 9.20. The van der Waals surface area contributed by atoms with E-state index in [-0.39, 0.29) is 30.6 Å². The molecule has 46 heavy (non-hydrogen) atoms. The topological polar surface area (TPSA) is 103 Å². The summed E-state index contributed by atoms with van der Waals surface area (Å²) in [5.41, 5.74) is 1.14. The number of benzene rings is 2. The Morgan fingerprint density at radius 2 is 1.67 bits per heavy atom. The molecule has 2 aromatic rings. The van der Waals surface area contributed by atoms with Gasteiger partial charge in [0.15, 0.2) is 0 Å². The lowest BCUT2D eigenvalue weighted by molar-refractivity contribution is -0.0190. The van der Waals surface area contributed by atoms with Gasteiger partial charge >= 0.3 is 6.03 Å². The average Bonchev–Trinajstić information content (AvgIpc) is 3.04. The highest BCUT2D eigenvalue weighted by molar-refractivity contribution is 6.02. The molecule has 9 nitrogen and oxygen atoms in total. The number of aliphatic hydroxyl groups excluding tert-OH is 1. The van der Waals surface area contributed by atoms with Gasteiger partial charge in [-0.1, -0.05) is 26.2 Å². The molecule has 0 saturated heterocycles. The fraction of sp³-hybridized carbons (Fsp3) is 0.611. The Morgan fingerprint density at radius 1 is 1.00 bits per heavy atom. The number of ether oxygens (including phenoxy) is 2. The van der Waals surface area contributed by atoms with Crippen LogP contribution in [0.2, 0.25) is 0 Å². The standard InChI is InChI=1S/C36H53FN4O5/c1-25-21-41(26(2)24-42)35(43)32-20-31(39-36(44)38-30-15-13-29(37)14-16-30)17-18-33(32)46-27(3)10-8-9-19-45-34(25)23-40(4)22-28-11-6-5-7-12-28/h13-18,20,25-28,34,42H,5-12,19,21-24H2,1-4H3,(H2,38,39,44)/t25-,26+,27+,34+/m1/s1. The maximum Gasteiger partial charge on any atom is 0.323 e. The predicted octanol–water partition coefficient (Wildman–Crippen LogP) is 6.78. The second-order valence-corrected chi connectivity index (χ2v) is 13.3. The summed E-state index contributed by atoms with van der Waals surface area (Å²) in [6, 6.07) is 9.51. The van der Waals surface area contributed by atoms with Crippen LogP contribution in [0.5, 0.6) is 5.75 Å². The molecule has 0 unspecified atom stereocenters. The normalized spacial score (nSPS) is 22.8. The molecule has 1 fully saturated rings. The lowest BCUT2D eigenvalue weighted by Gasteiger charge is -2.36. The first-order valence-corrected chi connectivity index (χ1v) is 17.0. The van der Waals surface area contributed by atoms with Gasteiger partial charge in [0, 0.05) is 43.5 Å². The highest BCUT2D eigenvalue weighted by Crippen LogP contribution is 2.29. The molecule has 0 aromatic heterocycles. The molecule has 1 aliphatic heterocycles. The Morgan fingerprint density at radius 3 is 2.39 bits per heavy atom. The molecule has 3 amide bonds. The second kappa shape index (κ2) is 17.6. The van der Waals surface area contributed by atoms with E-state index in [0.29, 0.717) is 35.8 Å². The van der Waals surface area contributed by atoms with Crippen molar-refractivity contribution in [2.45, 2.75) is 90.4 Å². The number of carbonyl (C=O) groups excluding carboxylic acids is 2. The largest absolute Gasteiger partial charge is 0.490 e. The zero-order valence-corrected chi connectivity index (χ0v) is 28.0. The monoisotopic (exact) mass is 640 g/mol. The molecule has 2 aromatic carbocycles. The van der Waals surface area contributed by atoms with Gasteiger partial charge in [-0.05, 0) is 101 Å². The third-order valence-electron chi connectivity index (χ3n) is 9.20. The van der Waals surface area contributed by atoms with Crippen LogP contribution in [-0.2, 0) is 4.74 Å². The van der Waals surface area contributed by atoms with Gasteiger partial charge in [0.1, 0.15) is 11.6 Å². The van der Waals surface area contributed by atoms with Crippen LogP contribution in [0.15, 0.2) is 42.5 Å². The highest BCUT2D eigenvalue weighted by Gasteiger charge is 2.31. The van der Waals surface area contributed by atoms with Crippen LogP contribution in [0.1, 0.15) is 82.5 Å². The third kappa shape index (κ3) is 10.7. The number of hydrogen-bond donors (Lipinski definition) is 3. The van der Waals surface area contributed by atoms with E-state index >= 15 is 0 Å². The van der Waals surface area contributed by atoms with Crippen molar-refractivity contribution in [1.82, 2.24) is 9.80 Å². The number of anilines is 2. The molecule has 0 spiro atoms. The van der Waals surface area contributed by atoms with Crippen molar-refractivity contribution in [3.05, 3.63) is 53.8 Å². The molecule has 4 atom stereocenters. The molecule has 10 heteroatoms. The summed E-state index contributed by atoms with van der Waals surface area (Å²) < 4.78 is 26.1. The van der Waals surface area contributed by atoms with Gasteiger partial charge in [0.25, 0.3) is 5.91 Å². The molecule has 1 heterocycles. The Kier molecular flexibility index (Phi) is 13.7. The van der Waals surface area contributed by atoms with Crippen LogP contribution in [0, 0.1) is 17.7 Å². The molecule has 0 bridgehead atoms. The maximum absolute atomic E-state index is 14.3. The Labute approximate surface area is 273 Å². The van der Waals surface area contributed by atoms with E-state index in [1.165, 1.54) is 56.4 Å². The van der Waals surface area contributed by atoms with E-state index in [4.69, 9.17) is 9.47 Å². The smallest absolute Gasteiger partial charge is 0.323 e. The summed E-state index contributed by atoms with van der Waals surface area (Å²) in [6.07, 6.45) is 8.95. The van der Waals surface area contributed by atoms with Gasteiger partial charge in [-0.3, -0.25) is 4.79 Å². The van der Waals surface area contributed by atoms with Crippen LogP contribution >= 0.6 is 0 Å². The molecule has 1 aliphatic carbocycles. The van der Waals surface area contributed by atoms with Gasteiger partial charge in [-0.25, -0.2) is 9.18 Å². The highest BCUT2D eigenvalue weighted by atomic mass is 19.1. The van der Waals surface area contributed by atoms with Crippen molar-refractivity contribution in [2.75, 3.05) is 50.5 Å². The van der Waals surface area contributed by atoms with Crippen LogP contribution in [0.25, 0.3) is 0 Å². The van der Waals surface area contributed by atoms with Gasteiger partial charge < -0.3 is 35.0 Å². The number of hydrogen-bond acceptors (Lipinski definition) is 6. The summed E-state index contributed by atoms with van der Waals surface area (Å²) in [4.78, 5) is 31.2. The first kappa shape index (κ1) is 35.6. The van der Waals surface area contributed by atoms with Crippen molar-refractivity contribution in [1.29, 1.82) is 0 Å². The first-order chi connectivity index (χ1) is 22.1. The number of nitrogens with zero attached hydrogens (tertiary/aromatic N) is 2. The van der Waals surface area contributed by atoms with Gasteiger partial charge in [-0.2, -0.15) is 0 Å². The molecular weight excluding hydrogens is 587 g/mol. The van der Waals surface area contributed by atoms with Crippen LogP contribution in [0.3, 0.4) is 0 Å². The summed E-state index contributed by atoms with van der Waals surface area (Å²) in [5, 5.41) is 15.7. The summed E-state index contributed by atoms with van der Waals surface area (Å²) in [6.45, 7) is 8.61. The van der Waals surface area contributed by atoms with Crippen molar-refractivity contribution in [3.8, 4) is 5.75 Å². The lowest BCUT2D eigenvalue weighted by Crippen LogP contribution is -2.47. The quantitative estimate of drug-likeness (QED) is 0.294. The number of halogens is 1. The van der Waals surface area contributed by atoms with Gasteiger partial charge in [0.2, 0.25) is 0 Å². The first-order valence-electron chi connectivity index (χ1n) is 17.0. The van der Waals surface area contributed by atoms with Crippen molar-refractivity contribution in [3.63, 3.8) is 0 Å². The Hall–Kier alpha value is -3.21. The Balaban J connectivity index is 1.56. The SMILES string of the molecule is C[C@@H]1CN([C@@H](C)CO)C(=O)c2cc(NC(=O)Nc3ccc(F)cc3)ccc2O[C@@H](C)CCCCO[C@H]1CN(C)CC1CCCCC1. The zero-order valence-electron chi connectivity index (χ0n) is 28.0. The Bertz CT molecular complexity index is 1260. The number of nitrogens with one attached hydrogen (secondary N) is 2. The van der Waals surface area contributed by atoms with E-state index in [2.05, 4.69) is 29.5 Å². The van der Waals surface area contributed by atoms with Crippen LogP contribution in [0.4, 0.5) is 20.6 Å². The van der Waals surface area contributed by atoms with Gasteiger partial charge in [-0.15, -0.1) is 0 Å². The molecule has 0 radical (unpaired) electrons. The molecule has 4 rings (SSSR count). The fourth-order valence-corrected chi connectivity index (χ4v) is 6.48. The lowest BCUT2D eigenvalue weighted by atomic mass is 9.89. The van der Waals surface area contributed by atoms with Crippen molar-refractivity contribution >= 4 is 23.3 Å². The van der Waals surface area contributed by atoms with E-state index in [9.17, 15) is 19.1 Å². The van der Waals surface area contributed by atoms with E-state index in [1.54, 1.807) is 23.1 Å². The number of rotatable bonds is 8. The van der Waals surface area contributed by atoms with Crippen LogP contribution < -0.4 is 15.4 Å². The average molecular weight is 641 g/mol. The number of carbonyl (C=O) groups is 2. The van der Waals surface area contributed by atoms with Crippen LogP contribution in [-0.4, -0.2) is 85.0 Å². The molecule has 3 N–H and O–H groups in total.